The van der Waals surface area contributed by atoms with Crippen LogP contribution in [0.25, 0.3) is 6.08 Å². The van der Waals surface area contributed by atoms with E-state index in [0.717, 1.165) is 0 Å². The molecule has 202 valence electrons. The number of phenols is 1. The van der Waals surface area contributed by atoms with Gasteiger partial charge >= 0.3 is 0 Å². The van der Waals surface area contributed by atoms with Crippen molar-refractivity contribution < 1.29 is 59.9 Å². The number of amides is 1. The fraction of sp³-hybridized carbons (Fsp3) is 0.609. The van der Waals surface area contributed by atoms with E-state index in [0.29, 0.717) is 5.56 Å². The van der Waals surface area contributed by atoms with Gasteiger partial charge in [-0.1, -0.05) is 6.07 Å². The number of aliphatic hydroxyl groups excluding tert-OH is 7. The molecule has 1 saturated heterocycles. The smallest absolute Gasteiger partial charge is 0.247 e. The highest BCUT2D eigenvalue weighted by Gasteiger charge is 2.50. The van der Waals surface area contributed by atoms with Crippen LogP contribution in [-0.4, -0.2) is 121 Å². The number of aromatic hydroxyl groups is 1. The molecule has 36 heavy (non-hydrogen) atoms. The summed E-state index contributed by atoms with van der Waals surface area (Å²) in [6.45, 7) is 2.82. The summed E-state index contributed by atoms with van der Waals surface area (Å²) in [5.74, 6) is -1.16. The number of carbonyl (C=O) groups is 1. The summed E-state index contributed by atoms with van der Waals surface area (Å²) >= 11 is 0. The molecule has 1 heterocycles. The summed E-state index contributed by atoms with van der Waals surface area (Å²) in [5.41, 5.74) is 0.476. The number of rotatable bonds is 7. The fourth-order valence-electron chi connectivity index (χ4n) is 4.26. The molecule has 0 spiro atoms. The lowest BCUT2D eigenvalue weighted by atomic mass is 9.83. The second-order valence-electron chi connectivity index (χ2n) is 9.03. The maximum atomic E-state index is 12.6. The molecule has 1 aromatic rings. The minimum Gasteiger partial charge on any atom is -0.504 e. The molecule has 9 unspecified atom stereocenters. The van der Waals surface area contributed by atoms with Gasteiger partial charge in [0.25, 0.3) is 0 Å². The molecule has 0 bridgehead atoms. The van der Waals surface area contributed by atoms with E-state index < -0.39 is 73.2 Å². The lowest BCUT2D eigenvalue weighted by Gasteiger charge is -2.43. The van der Waals surface area contributed by atoms with Crippen LogP contribution >= 0.6 is 0 Å². The van der Waals surface area contributed by atoms with Crippen molar-refractivity contribution >= 4 is 12.0 Å². The average molecular weight is 516 g/mol. The molecule has 9 N–H and O–H groups in total. The Balaban J connectivity index is 1.67. The van der Waals surface area contributed by atoms with Crippen molar-refractivity contribution in [3.8, 4) is 11.5 Å². The summed E-state index contributed by atoms with van der Waals surface area (Å²) in [6, 6.07) is 2.71. The quantitative estimate of drug-likeness (QED) is 0.166. The second kappa shape index (κ2) is 11.4. The Morgan fingerprint density at radius 2 is 1.64 bits per heavy atom. The van der Waals surface area contributed by atoms with Gasteiger partial charge in [0.15, 0.2) is 11.5 Å². The first-order valence-corrected chi connectivity index (χ1v) is 11.3. The predicted molar refractivity (Wildman–Crippen MR) is 121 cm³/mol. The van der Waals surface area contributed by atoms with Gasteiger partial charge in [0.05, 0.1) is 12.1 Å². The van der Waals surface area contributed by atoms with Gasteiger partial charge in [0.2, 0.25) is 12.2 Å². The Morgan fingerprint density at radius 1 is 1.03 bits per heavy atom. The first kappa shape index (κ1) is 28.2. The molecule has 1 aromatic carbocycles. The normalized spacial score (nSPS) is 38.0. The number of ether oxygens (including phenoxy) is 3. The van der Waals surface area contributed by atoms with Crippen LogP contribution < -0.4 is 10.1 Å². The minimum atomic E-state index is -1.61. The average Bonchev–Trinajstić information content (AvgIpc) is 3.11. The van der Waals surface area contributed by atoms with Gasteiger partial charge in [0, 0.05) is 12.7 Å². The topological polar surface area (TPSA) is 219 Å². The number of methoxy groups -OCH3 is 1. The Hall–Kier alpha value is -2.33. The molecule has 1 amide bonds. The van der Waals surface area contributed by atoms with Crippen molar-refractivity contribution in [2.45, 2.75) is 81.1 Å². The van der Waals surface area contributed by atoms with Crippen molar-refractivity contribution in [1.29, 1.82) is 0 Å². The Morgan fingerprint density at radius 3 is 2.14 bits per heavy atom. The Bertz CT molecular complexity index is 939. The van der Waals surface area contributed by atoms with Gasteiger partial charge in [-0.05, 0) is 37.6 Å². The SMILES string of the molecule is COC1C(O)C(O)C(NC(=O)C(C)=Cc2ccc(OC3OC(C(C)O)C(O)C3O)c(O)c2)C(O)C1O. The molecule has 0 radical (unpaired) electrons. The number of hydrogen-bond donors (Lipinski definition) is 9. The van der Waals surface area contributed by atoms with E-state index in [-0.39, 0.29) is 17.1 Å². The van der Waals surface area contributed by atoms with Crippen LogP contribution in [0.4, 0.5) is 0 Å². The first-order chi connectivity index (χ1) is 16.9. The zero-order valence-electron chi connectivity index (χ0n) is 19.9. The fourth-order valence-corrected chi connectivity index (χ4v) is 4.26. The molecule has 1 aliphatic heterocycles. The molecular weight excluding hydrogens is 482 g/mol. The highest BCUT2D eigenvalue weighted by atomic mass is 16.7. The molecular formula is C23H33NO12. The molecule has 1 saturated carbocycles. The van der Waals surface area contributed by atoms with Crippen LogP contribution in [0.5, 0.6) is 11.5 Å². The summed E-state index contributed by atoms with van der Waals surface area (Å²) in [4.78, 5) is 12.6. The molecule has 9 atom stereocenters. The predicted octanol–water partition coefficient (Wildman–Crippen LogP) is -3.04. The monoisotopic (exact) mass is 515 g/mol. The summed E-state index contributed by atoms with van der Waals surface area (Å²) < 4.78 is 15.7. The van der Waals surface area contributed by atoms with Crippen LogP contribution in [0.3, 0.4) is 0 Å². The zero-order valence-corrected chi connectivity index (χ0v) is 19.9. The molecule has 0 aromatic heterocycles. The van der Waals surface area contributed by atoms with Crippen molar-refractivity contribution in [2.75, 3.05) is 7.11 Å². The standard InChI is InChI=1S/C23H33NO12/c1-8(22(33)24-13-14(27)16(29)21(34-3)17(30)15(13)28)6-10-4-5-12(11(26)7-10)35-23-19(32)18(31)20(36-23)9(2)25/h4-7,9,13-21,23,25-32H,1-3H3,(H,24,33). The summed E-state index contributed by atoms with van der Waals surface area (Å²) in [7, 11) is 1.20. The van der Waals surface area contributed by atoms with Crippen molar-refractivity contribution in [1.82, 2.24) is 5.32 Å². The molecule has 2 fully saturated rings. The highest BCUT2D eigenvalue weighted by molar-refractivity contribution is 5.97. The largest absolute Gasteiger partial charge is 0.504 e. The van der Waals surface area contributed by atoms with Crippen LogP contribution in [0.1, 0.15) is 19.4 Å². The number of carbonyl (C=O) groups excluding carboxylic acids is 1. The van der Waals surface area contributed by atoms with Gasteiger partial charge < -0.3 is 60.4 Å². The number of nitrogens with one attached hydrogen (secondary N) is 1. The minimum absolute atomic E-state index is 0.0825. The van der Waals surface area contributed by atoms with Gasteiger partial charge in [-0.15, -0.1) is 0 Å². The van der Waals surface area contributed by atoms with Crippen molar-refractivity contribution in [3.05, 3.63) is 29.3 Å². The van der Waals surface area contributed by atoms with Crippen molar-refractivity contribution in [3.63, 3.8) is 0 Å². The van der Waals surface area contributed by atoms with Crippen LogP contribution in [0.15, 0.2) is 23.8 Å². The third kappa shape index (κ3) is 5.64. The first-order valence-electron chi connectivity index (χ1n) is 11.3. The third-order valence-electron chi connectivity index (χ3n) is 6.38. The van der Waals surface area contributed by atoms with E-state index in [9.17, 15) is 45.6 Å². The molecule has 1 aliphatic carbocycles. The van der Waals surface area contributed by atoms with E-state index in [1.165, 1.54) is 45.2 Å². The molecule has 13 nitrogen and oxygen atoms in total. The number of hydrogen-bond acceptors (Lipinski definition) is 12. The number of aliphatic hydroxyl groups is 7. The third-order valence-corrected chi connectivity index (χ3v) is 6.38. The van der Waals surface area contributed by atoms with E-state index in [4.69, 9.17) is 14.2 Å². The van der Waals surface area contributed by atoms with Gasteiger partial charge in [-0.25, -0.2) is 0 Å². The Labute approximate surface area is 206 Å². The van der Waals surface area contributed by atoms with Crippen LogP contribution in [0, 0.1) is 0 Å². The van der Waals surface area contributed by atoms with Crippen molar-refractivity contribution in [2.24, 2.45) is 0 Å². The number of benzene rings is 1. The van der Waals surface area contributed by atoms with Crippen LogP contribution in [-0.2, 0) is 14.3 Å². The van der Waals surface area contributed by atoms with E-state index in [2.05, 4.69) is 5.32 Å². The van der Waals surface area contributed by atoms with E-state index in [1.54, 1.807) is 0 Å². The van der Waals surface area contributed by atoms with E-state index in [1.807, 2.05) is 0 Å². The second-order valence-corrected chi connectivity index (χ2v) is 9.03. The molecule has 2 aliphatic rings. The summed E-state index contributed by atoms with van der Waals surface area (Å²) in [6.07, 6.45) is -12.5. The lowest BCUT2D eigenvalue weighted by Crippen LogP contribution is -2.68. The highest BCUT2D eigenvalue weighted by Crippen LogP contribution is 2.33. The molecule has 3 rings (SSSR count). The maximum absolute atomic E-state index is 12.6. The Kier molecular flexibility index (Phi) is 8.93. The summed E-state index contributed by atoms with van der Waals surface area (Å²) in [5, 5.41) is 83.1. The maximum Gasteiger partial charge on any atom is 0.247 e. The lowest BCUT2D eigenvalue weighted by molar-refractivity contribution is -0.199. The van der Waals surface area contributed by atoms with Gasteiger partial charge in [-0.2, -0.15) is 0 Å². The van der Waals surface area contributed by atoms with Gasteiger partial charge in [0.1, 0.15) is 48.8 Å². The zero-order chi connectivity index (χ0) is 26.9. The van der Waals surface area contributed by atoms with E-state index >= 15 is 0 Å². The van der Waals surface area contributed by atoms with Gasteiger partial charge in [-0.3, -0.25) is 4.79 Å². The molecule has 13 heteroatoms. The number of phenolic OH excluding ortho intramolecular Hbond substituents is 1. The van der Waals surface area contributed by atoms with Crippen LogP contribution in [0.2, 0.25) is 0 Å².